The van der Waals surface area contributed by atoms with Crippen LogP contribution < -0.4 is 15.4 Å². The molecule has 27 heavy (non-hydrogen) atoms. The van der Waals surface area contributed by atoms with Crippen LogP contribution in [-0.4, -0.2) is 45.9 Å². The van der Waals surface area contributed by atoms with Crippen molar-refractivity contribution in [2.24, 2.45) is 0 Å². The molecule has 144 valence electrons. The number of aromatic nitrogens is 2. The molecule has 0 fully saturated rings. The molecule has 0 bridgehead atoms. The first kappa shape index (κ1) is 20.5. The number of nitrogens with zero attached hydrogens (tertiary/aromatic N) is 2. The predicted octanol–water partition coefficient (Wildman–Crippen LogP) is 1.42. The summed E-state index contributed by atoms with van der Waals surface area (Å²) in [6.45, 7) is 3.65. The van der Waals surface area contributed by atoms with Crippen molar-refractivity contribution in [2.75, 3.05) is 24.7 Å². The Hall–Kier alpha value is -2.78. The lowest BCUT2D eigenvalue weighted by atomic mass is 10.3. The third kappa shape index (κ3) is 6.15. The maximum atomic E-state index is 12.2. The number of aliphatic hydroxyl groups excluding tert-OH is 1. The van der Waals surface area contributed by atoms with Crippen LogP contribution in [-0.2, 0) is 22.7 Å². The number of imidazole rings is 1. The molecule has 0 aliphatic carbocycles. The van der Waals surface area contributed by atoms with E-state index >= 15 is 0 Å². The summed E-state index contributed by atoms with van der Waals surface area (Å²) in [5.74, 6) is 0.303. The Morgan fingerprint density at radius 1 is 1.41 bits per heavy atom. The van der Waals surface area contributed by atoms with Crippen molar-refractivity contribution in [3.05, 3.63) is 48.8 Å². The SMILES string of the molecule is C=CCNC(=O)Cn1c(CO)cnc1SCC(=O)Nc1cccc(OC)c1. The van der Waals surface area contributed by atoms with Crippen molar-refractivity contribution in [1.82, 2.24) is 14.9 Å². The molecule has 0 radical (unpaired) electrons. The fourth-order valence-corrected chi connectivity index (χ4v) is 3.01. The summed E-state index contributed by atoms with van der Waals surface area (Å²) in [6, 6.07) is 7.05. The highest BCUT2D eigenvalue weighted by atomic mass is 32.2. The Labute approximate surface area is 161 Å². The first-order valence-corrected chi connectivity index (χ1v) is 9.15. The minimum Gasteiger partial charge on any atom is -0.497 e. The number of hydrogen-bond donors (Lipinski definition) is 3. The normalized spacial score (nSPS) is 10.3. The molecule has 9 heteroatoms. The van der Waals surface area contributed by atoms with E-state index < -0.39 is 0 Å². The molecule has 0 saturated carbocycles. The van der Waals surface area contributed by atoms with Crippen LogP contribution in [0.3, 0.4) is 0 Å². The second-order valence-electron chi connectivity index (χ2n) is 5.44. The molecule has 0 spiro atoms. The van der Waals surface area contributed by atoms with Crippen LogP contribution in [0.5, 0.6) is 5.75 Å². The number of nitrogens with one attached hydrogen (secondary N) is 2. The largest absolute Gasteiger partial charge is 0.497 e. The molecule has 1 heterocycles. The van der Waals surface area contributed by atoms with Gasteiger partial charge in [0.05, 0.1) is 31.4 Å². The summed E-state index contributed by atoms with van der Waals surface area (Å²) in [5.41, 5.74) is 1.13. The highest BCUT2D eigenvalue weighted by molar-refractivity contribution is 7.99. The number of hydrogen-bond acceptors (Lipinski definition) is 6. The van der Waals surface area contributed by atoms with Gasteiger partial charge >= 0.3 is 0 Å². The number of benzene rings is 1. The molecule has 0 saturated heterocycles. The summed E-state index contributed by atoms with van der Waals surface area (Å²) < 4.78 is 6.71. The van der Waals surface area contributed by atoms with Gasteiger partial charge < -0.3 is 25.0 Å². The van der Waals surface area contributed by atoms with Gasteiger partial charge in [-0.05, 0) is 12.1 Å². The molecule has 3 N–H and O–H groups in total. The van der Waals surface area contributed by atoms with Crippen molar-refractivity contribution in [2.45, 2.75) is 18.3 Å². The molecule has 1 aromatic carbocycles. The quantitative estimate of drug-likeness (QED) is 0.419. The topological polar surface area (TPSA) is 105 Å². The van der Waals surface area contributed by atoms with Crippen LogP contribution in [0, 0.1) is 0 Å². The summed E-state index contributed by atoms with van der Waals surface area (Å²) in [5, 5.41) is 15.4. The number of amides is 2. The molecule has 1 aromatic heterocycles. The van der Waals surface area contributed by atoms with E-state index in [1.54, 1.807) is 42.0 Å². The zero-order chi connectivity index (χ0) is 19.6. The average molecular weight is 390 g/mol. The summed E-state index contributed by atoms with van der Waals surface area (Å²) in [6.07, 6.45) is 3.07. The zero-order valence-electron chi connectivity index (χ0n) is 15.0. The highest BCUT2D eigenvalue weighted by Gasteiger charge is 2.15. The molecule has 0 aliphatic heterocycles. The van der Waals surface area contributed by atoms with Crippen molar-refractivity contribution >= 4 is 29.3 Å². The van der Waals surface area contributed by atoms with Gasteiger partial charge in [-0.15, -0.1) is 6.58 Å². The molecule has 2 amide bonds. The number of thioether (sulfide) groups is 1. The summed E-state index contributed by atoms with van der Waals surface area (Å²) >= 11 is 1.18. The van der Waals surface area contributed by atoms with Gasteiger partial charge in [0, 0.05) is 18.3 Å². The van der Waals surface area contributed by atoms with Crippen LogP contribution in [0.2, 0.25) is 0 Å². The first-order valence-electron chi connectivity index (χ1n) is 8.17. The smallest absolute Gasteiger partial charge is 0.240 e. The van der Waals surface area contributed by atoms with E-state index in [9.17, 15) is 14.7 Å². The van der Waals surface area contributed by atoms with Crippen molar-refractivity contribution in [1.29, 1.82) is 0 Å². The number of rotatable bonds is 10. The van der Waals surface area contributed by atoms with E-state index in [1.807, 2.05) is 0 Å². The van der Waals surface area contributed by atoms with E-state index in [0.29, 0.717) is 28.8 Å². The van der Waals surface area contributed by atoms with Gasteiger partial charge in [-0.2, -0.15) is 0 Å². The fraction of sp³-hybridized carbons (Fsp3) is 0.278. The lowest BCUT2D eigenvalue weighted by Gasteiger charge is -2.11. The van der Waals surface area contributed by atoms with E-state index in [-0.39, 0.29) is 30.7 Å². The van der Waals surface area contributed by atoms with Gasteiger partial charge in [0.2, 0.25) is 11.8 Å². The van der Waals surface area contributed by atoms with Gasteiger partial charge in [-0.3, -0.25) is 9.59 Å². The Morgan fingerprint density at radius 2 is 2.22 bits per heavy atom. The Morgan fingerprint density at radius 3 is 2.93 bits per heavy atom. The lowest BCUT2D eigenvalue weighted by molar-refractivity contribution is -0.121. The van der Waals surface area contributed by atoms with Crippen LogP contribution in [0.15, 0.2) is 48.3 Å². The number of ether oxygens (including phenoxy) is 1. The summed E-state index contributed by atoms with van der Waals surface area (Å²) in [4.78, 5) is 28.3. The number of aliphatic hydroxyl groups is 1. The molecule has 8 nitrogen and oxygen atoms in total. The summed E-state index contributed by atoms with van der Waals surface area (Å²) in [7, 11) is 1.56. The fourth-order valence-electron chi connectivity index (χ4n) is 2.22. The monoisotopic (exact) mass is 390 g/mol. The predicted molar refractivity (Wildman–Crippen MR) is 104 cm³/mol. The molecular formula is C18H22N4O4S. The molecule has 2 rings (SSSR count). The van der Waals surface area contributed by atoms with Gasteiger partial charge in [0.1, 0.15) is 12.3 Å². The van der Waals surface area contributed by atoms with Crippen molar-refractivity contribution in [3.8, 4) is 5.75 Å². The minimum atomic E-state index is -0.252. The van der Waals surface area contributed by atoms with Gasteiger partial charge in [0.25, 0.3) is 0 Å². The number of carbonyl (C=O) groups is 2. The molecule has 2 aromatic rings. The van der Waals surface area contributed by atoms with Crippen molar-refractivity contribution < 1.29 is 19.4 Å². The van der Waals surface area contributed by atoms with E-state index in [4.69, 9.17) is 4.74 Å². The van der Waals surface area contributed by atoms with Gasteiger partial charge in [-0.25, -0.2) is 4.98 Å². The second kappa shape index (κ2) is 10.4. The molecule has 0 atom stereocenters. The Kier molecular flexibility index (Phi) is 7.90. The molecule has 0 aliphatic rings. The third-order valence-electron chi connectivity index (χ3n) is 3.49. The number of methoxy groups -OCH3 is 1. The lowest BCUT2D eigenvalue weighted by Crippen LogP contribution is -2.28. The highest BCUT2D eigenvalue weighted by Crippen LogP contribution is 2.20. The second-order valence-corrected chi connectivity index (χ2v) is 6.38. The van der Waals surface area contributed by atoms with E-state index in [2.05, 4.69) is 22.2 Å². The van der Waals surface area contributed by atoms with Crippen LogP contribution >= 0.6 is 11.8 Å². The minimum absolute atomic E-state index is 0.00354. The third-order valence-corrected chi connectivity index (χ3v) is 4.49. The first-order chi connectivity index (χ1) is 13.1. The van der Waals surface area contributed by atoms with Crippen LogP contribution in [0.4, 0.5) is 5.69 Å². The van der Waals surface area contributed by atoms with Crippen LogP contribution in [0.1, 0.15) is 5.69 Å². The Bertz CT molecular complexity index is 806. The zero-order valence-corrected chi connectivity index (χ0v) is 15.8. The maximum absolute atomic E-state index is 12.2. The number of anilines is 1. The molecular weight excluding hydrogens is 368 g/mol. The van der Waals surface area contributed by atoms with E-state index in [1.165, 1.54) is 18.0 Å². The van der Waals surface area contributed by atoms with Crippen molar-refractivity contribution in [3.63, 3.8) is 0 Å². The Balaban J connectivity index is 1.98. The van der Waals surface area contributed by atoms with E-state index in [0.717, 1.165) is 0 Å². The van der Waals surface area contributed by atoms with Crippen LogP contribution in [0.25, 0.3) is 0 Å². The average Bonchev–Trinajstić information content (AvgIpc) is 3.06. The van der Waals surface area contributed by atoms with Gasteiger partial charge in [0.15, 0.2) is 5.16 Å². The van der Waals surface area contributed by atoms with Gasteiger partial charge in [-0.1, -0.05) is 23.9 Å². The molecule has 0 unspecified atom stereocenters. The maximum Gasteiger partial charge on any atom is 0.240 e. The standard InChI is InChI=1S/C18H22N4O4S/c1-3-7-19-16(24)10-22-14(11-23)9-20-18(22)27-12-17(25)21-13-5-4-6-15(8-13)26-2/h3-6,8-9,23H,1,7,10-12H2,2H3,(H,19,24)(H,21,25). The number of carbonyl (C=O) groups excluding carboxylic acids is 2.